The van der Waals surface area contributed by atoms with Crippen molar-refractivity contribution in [3.63, 3.8) is 0 Å². The van der Waals surface area contributed by atoms with Crippen molar-refractivity contribution in [3.05, 3.63) is 136 Å². The molecule has 3 amide bonds. The normalized spacial score (nSPS) is 15.6. The Morgan fingerprint density at radius 2 is 1.26 bits per heavy atom. The maximum absolute atomic E-state index is 17.6. The molecule has 416 valence electrons. The number of rotatable bonds is 10. The number of fused-ring (bicyclic) bond motifs is 1. The zero-order valence-corrected chi connectivity index (χ0v) is 49.3. The molecule has 1 aliphatic rings. The summed E-state index contributed by atoms with van der Waals surface area (Å²) in [5.74, 6) is -2.22. The lowest BCUT2D eigenvalue weighted by Gasteiger charge is -2.44. The molecule has 2 atom stereocenters. The lowest BCUT2D eigenvalue weighted by Crippen LogP contribution is -2.66. The largest absolute Gasteiger partial charge is 0.444 e. The van der Waals surface area contributed by atoms with E-state index in [1.54, 1.807) is 67.2 Å². The van der Waals surface area contributed by atoms with Crippen LogP contribution in [0.1, 0.15) is 133 Å². The molecule has 2 aromatic heterocycles. The summed E-state index contributed by atoms with van der Waals surface area (Å²) in [4.78, 5) is 70.6. The molecule has 17 heteroatoms. The SMILES string of the molecule is Cc1cc(CO[Si](c2ccccc2)(c2ccccc2)C(C)(C)C)cc(C(C)C)c1-n1c(=O)nc(N2C[C@@H](C)N(C(=O)OC(C)(C)C)C[C@@H]2C)c2cc(F)c(-c3c(F)cccc3N(C(=O)OC(C)(C)C)C(=O)OC(C)(C)C)nc21. The van der Waals surface area contributed by atoms with Crippen LogP contribution in [-0.4, -0.2) is 88.0 Å². The van der Waals surface area contributed by atoms with E-state index in [1.807, 2.05) is 88.0 Å². The second kappa shape index (κ2) is 22.0. The van der Waals surface area contributed by atoms with E-state index in [0.29, 0.717) is 16.2 Å². The van der Waals surface area contributed by atoms with Crippen molar-refractivity contribution in [1.82, 2.24) is 19.4 Å². The minimum atomic E-state index is -3.01. The molecule has 0 unspecified atom stereocenters. The zero-order chi connectivity index (χ0) is 57.6. The lowest BCUT2D eigenvalue weighted by atomic mass is 9.95. The summed E-state index contributed by atoms with van der Waals surface area (Å²) in [6.45, 7) is 31.8. The molecule has 0 N–H and O–H groups in total. The Morgan fingerprint density at radius 1 is 0.705 bits per heavy atom. The standard InChI is InChI=1S/C61H76F2N6O8Si/c1-37(2)44-32-41(36-74-78(61(15,16)17,42-25-20-18-21-26-42)43-27-22-19-23-28-43)31-38(3)51(44)69-53-45(52(65-54(69)70)66-34-40(5)67(35-39(66)4)55(71)75-58(6,7)8)33-47(63)50(64-53)49-46(62)29-24-30-48(49)68(56(72)76-59(9,10)11)57(73)77-60(12,13)14/h18-33,37,39-40H,34-36H2,1-17H3/t39-,40+/m0/s1. The second-order valence-electron chi connectivity index (χ2n) is 24.6. The smallest absolute Gasteiger partial charge is 0.424 e. The molecule has 1 aliphatic heterocycles. The molecule has 6 aromatic rings. The zero-order valence-electron chi connectivity index (χ0n) is 48.3. The fraction of sp³-hybridized carbons (Fsp3) is 0.443. The number of nitrogens with zero attached hydrogens (tertiary/aromatic N) is 6. The van der Waals surface area contributed by atoms with E-state index in [-0.39, 0.29) is 47.5 Å². The minimum absolute atomic E-state index is 0.0874. The van der Waals surface area contributed by atoms with Crippen LogP contribution in [0.5, 0.6) is 0 Å². The maximum Gasteiger partial charge on any atom is 0.424 e. The predicted octanol–water partition coefficient (Wildman–Crippen LogP) is 12.7. The van der Waals surface area contributed by atoms with Crippen LogP contribution in [0.4, 0.5) is 34.7 Å². The monoisotopic (exact) mass is 1090 g/mol. The van der Waals surface area contributed by atoms with Crippen LogP contribution >= 0.6 is 0 Å². The van der Waals surface area contributed by atoms with E-state index < -0.39 is 89.8 Å². The van der Waals surface area contributed by atoms with Gasteiger partial charge in [-0.3, -0.25) is 0 Å². The van der Waals surface area contributed by atoms with Gasteiger partial charge in [0.15, 0.2) is 11.5 Å². The van der Waals surface area contributed by atoms with Gasteiger partial charge >= 0.3 is 24.0 Å². The van der Waals surface area contributed by atoms with Crippen molar-refractivity contribution < 1.29 is 41.8 Å². The third kappa shape index (κ3) is 12.3. The van der Waals surface area contributed by atoms with E-state index in [9.17, 15) is 14.4 Å². The van der Waals surface area contributed by atoms with Crippen molar-refractivity contribution >= 4 is 59.5 Å². The van der Waals surface area contributed by atoms with Crippen LogP contribution in [0.25, 0.3) is 28.0 Å². The summed E-state index contributed by atoms with van der Waals surface area (Å²) in [5.41, 5.74) is -2.83. The first kappa shape index (κ1) is 58.7. The Labute approximate surface area is 458 Å². The minimum Gasteiger partial charge on any atom is -0.444 e. The second-order valence-corrected chi connectivity index (χ2v) is 28.9. The molecule has 78 heavy (non-hydrogen) atoms. The highest BCUT2D eigenvalue weighted by Crippen LogP contribution is 2.41. The first-order valence-corrected chi connectivity index (χ1v) is 28.5. The quantitative estimate of drug-likeness (QED) is 0.0954. The highest BCUT2D eigenvalue weighted by molar-refractivity contribution is 6.99. The fourth-order valence-corrected chi connectivity index (χ4v) is 14.7. The van der Waals surface area contributed by atoms with Gasteiger partial charge in [-0.05, 0) is 139 Å². The summed E-state index contributed by atoms with van der Waals surface area (Å²) < 4.78 is 60.3. The molecule has 1 fully saturated rings. The number of carbonyl (C=O) groups is 3. The number of carbonyl (C=O) groups excluding carboxylic acids is 3. The number of hydrogen-bond acceptors (Lipinski definition) is 11. The van der Waals surface area contributed by atoms with Gasteiger partial charge in [-0.25, -0.2) is 37.5 Å². The van der Waals surface area contributed by atoms with Gasteiger partial charge in [0.2, 0.25) is 0 Å². The van der Waals surface area contributed by atoms with Gasteiger partial charge in [0, 0.05) is 25.2 Å². The summed E-state index contributed by atoms with van der Waals surface area (Å²) in [5, 5.41) is 2.03. The van der Waals surface area contributed by atoms with Crippen LogP contribution in [0.2, 0.25) is 5.04 Å². The third-order valence-corrected chi connectivity index (χ3v) is 18.4. The number of imide groups is 1. The Bertz CT molecular complexity index is 3200. The highest BCUT2D eigenvalue weighted by Gasteiger charge is 2.50. The van der Waals surface area contributed by atoms with Gasteiger partial charge in [-0.2, -0.15) is 9.88 Å². The van der Waals surface area contributed by atoms with Crippen molar-refractivity contribution in [3.8, 4) is 16.9 Å². The number of hydrogen-bond donors (Lipinski definition) is 0. The van der Waals surface area contributed by atoms with E-state index in [4.69, 9.17) is 28.6 Å². The van der Waals surface area contributed by atoms with Crippen molar-refractivity contribution in [2.24, 2.45) is 0 Å². The van der Waals surface area contributed by atoms with Crippen molar-refractivity contribution in [2.45, 2.75) is 164 Å². The number of aryl methyl sites for hydroxylation is 1. The number of pyridine rings is 1. The van der Waals surface area contributed by atoms with Gasteiger partial charge in [0.1, 0.15) is 34.1 Å². The van der Waals surface area contributed by atoms with Gasteiger partial charge in [-0.15, -0.1) is 0 Å². The summed E-state index contributed by atoms with van der Waals surface area (Å²) >= 11 is 0. The molecular weight excluding hydrogens is 1010 g/mol. The highest BCUT2D eigenvalue weighted by atomic mass is 28.4. The third-order valence-electron chi connectivity index (χ3n) is 13.4. The number of benzene rings is 4. The molecular formula is C61H76F2N6O8Si. The van der Waals surface area contributed by atoms with E-state index in [1.165, 1.54) is 16.7 Å². The van der Waals surface area contributed by atoms with E-state index in [0.717, 1.165) is 33.6 Å². The fourth-order valence-electron chi connectivity index (χ4n) is 10.2. The Hall–Kier alpha value is -6.98. The molecule has 0 radical (unpaired) electrons. The summed E-state index contributed by atoms with van der Waals surface area (Å²) in [6, 6.07) is 28.5. The summed E-state index contributed by atoms with van der Waals surface area (Å²) in [6.07, 6.45) is -2.92. The van der Waals surface area contributed by atoms with Crippen LogP contribution in [0.15, 0.2) is 102 Å². The van der Waals surface area contributed by atoms with Crippen LogP contribution in [0.3, 0.4) is 0 Å². The van der Waals surface area contributed by atoms with Crippen molar-refractivity contribution in [1.29, 1.82) is 0 Å². The van der Waals surface area contributed by atoms with Crippen molar-refractivity contribution in [2.75, 3.05) is 22.9 Å². The van der Waals surface area contributed by atoms with Gasteiger partial charge in [-0.1, -0.05) is 113 Å². The van der Waals surface area contributed by atoms with Crippen LogP contribution in [-0.2, 0) is 25.2 Å². The average molecular weight is 1090 g/mol. The molecule has 1 saturated heterocycles. The maximum atomic E-state index is 17.6. The average Bonchev–Trinajstić information content (AvgIpc) is 3.40. The summed E-state index contributed by atoms with van der Waals surface area (Å²) in [7, 11) is -3.01. The number of ether oxygens (including phenoxy) is 3. The molecule has 0 spiro atoms. The first-order valence-electron chi connectivity index (χ1n) is 26.6. The molecule has 4 aromatic carbocycles. The number of halogens is 2. The van der Waals surface area contributed by atoms with Crippen LogP contribution in [0, 0.1) is 18.6 Å². The molecule has 0 aliphatic carbocycles. The molecule has 3 heterocycles. The number of anilines is 2. The molecule has 0 saturated carbocycles. The Balaban J connectivity index is 1.48. The number of amides is 3. The van der Waals surface area contributed by atoms with Gasteiger partial charge < -0.3 is 28.4 Å². The lowest BCUT2D eigenvalue weighted by molar-refractivity contribution is 0.0129. The van der Waals surface area contributed by atoms with Gasteiger partial charge in [0.25, 0.3) is 8.32 Å². The Morgan fingerprint density at radius 3 is 1.77 bits per heavy atom. The Kier molecular flexibility index (Phi) is 16.6. The number of piperazine rings is 1. The molecule has 14 nitrogen and oxygen atoms in total. The van der Waals surface area contributed by atoms with E-state index >= 15 is 13.6 Å². The topological polar surface area (TPSA) is 146 Å². The first-order chi connectivity index (χ1) is 36.2. The number of aromatic nitrogens is 3. The predicted molar refractivity (Wildman–Crippen MR) is 306 cm³/mol. The van der Waals surface area contributed by atoms with Gasteiger partial charge in [0.05, 0.1) is 28.9 Å². The van der Waals surface area contributed by atoms with Crippen LogP contribution < -0.4 is 25.9 Å². The molecule has 7 rings (SSSR count). The van der Waals surface area contributed by atoms with E-state index in [2.05, 4.69) is 45.0 Å². The molecule has 0 bridgehead atoms.